The van der Waals surface area contributed by atoms with Gasteiger partial charge in [0.2, 0.25) is 0 Å². The van der Waals surface area contributed by atoms with Gasteiger partial charge >= 0.3 is 0 Å². The average molecular weight is 433 g/mol. The molecule has 1 aromatic rings. The Balaban J connectivity index is 1.58. The number of hydrogen-bond donors (Lipinski definition) is 2. The summed E-state index contributed by atoms with van der Waals surface area (Å²) in [5, 5.41) is 13.1. The predicted octanol–water partition coefficient (Wildman–Crippen LogP) is 2.21. The van der Waals surface area contributed by atoms with Crippen LogP contribution >= 0.6 is 0 Å². The third-order valence-corrected chi connectivity index (χ3v) is 5.91. The topological polar surface area (TPSA) is 82.1 Å². The number of piperazine rings is 1. The number of ether oxygens (including phenoxy) is 1. The molecule has 3 aliphatic rings. The molecule has 2 amide bonds. The zero-order chi connectivity index (χ0) is 22.1. The number of rotatable bonds is 3. The zero-order valence-electron chi connectivity index (χ0n) is 17.2. The van der Waals surface area contributed by atoms with E-state index < -0.39 is 17.5 Å². The monoisotopic (exact) mass is 433 g/mol. The van der Waals surface area contributed by atoms with Gasteiger partial charge in [0.15, 0.2) is 0 Å². The van der Waals surface area contributed by atoms with Crippen LogP contribution in [0.1, 0.15) is 25.3 Å². The van der Waals surface area contributed by atoms with Gasteiger partial charge in [0, 0.05) is 37.5 Å². The van der Waals surface area contributed by atoms with E-state index in [9.17, 15) is 23.5 Å². The molecule has 0 unspecified atom stereocenters. The van der Waals surface area contributed by atoms with E-state index in [1.54, 1.807) is 16.0 Å². The molecule has 2 bridgehead atoms. The lowest BCUT2D eigenvalue weighted by atomic mass is 10.0. The second kappa shape index (κ2) is 8.66. The van der Waals surface area contributed by atoms with Crippen molar-refractivity contribution in [2.75, 3.05) is 26.3 Å². The third kappa shape index (κ3) is 4.41. The van der Waals surface area contributed by atoms with E-state index in [0.29, 0.717) is 19.0 Å². The first-order chi connectivity index (χ1) is 14.8. The fourth-order valence-corrected chi connectivity index (χ4v) is 4.25. The van der Waals surface area contributed by atoms with Crippen LogP contribution in [-0.2, 0) is 20.9 Å². The molecule has 0 saturated carbocycles. The van der Waals surface area contributed by atoms with E-state index >= 15 is 0 Å². The molecule has 9 heteroatoms. The first-order valence-electron chi connectivity index (χ1n) is 10.3. The van der Waals surface area contributed by atoms with Gasteiger partial charge in [-0.3, -0.25) is 9.59 Å². The SMILES string of the molecule is C[C@H]1CC[C@H]2CN(C1)C(=O)/C1=C(\O)COC/C(C(=O)NCc3ccc(F)cc3F)=C\N12. The van der Waals surface area contributed by atoms with Crippen molar-refractivity contribution in [2.45, 2.75) is 32.4 Å². The number of nitrogens with zero attached hydrogens (tertiary/aromatic N) is 2. The maximum Gasteiger partial charge on any atom is 0.274 e. The van der Waals surface area contributed by atoms with Crippen molar-refractivity contribution >= 4 is 11.8 Å². The Morgan fingerprint density at radius 2 is 2.06 bits per heavy atom. The second-order valence-corrected chi connectivity index (χ2v) is 8.31. The van der Waals surface area contributed by atoms with Gasteiger partial charge in [-0.05, 0) is 24.8 Å². The van der Waals surface area contributed by atoms with E-state index in [0.717, 1.165) is 25.0 Å². The van der Waals surface area contributed by atoms with Crippen LogP contribution in [0.15, 0.2) is 41.4 Å². The minimum Gasteiger partial charge on any atom is -0.507 e. The molecule has 31 heavy (non-hydrogen) atoms. The third-order valence-electron chi connectivity index (χ3n) is 5.91. The maximum atomic E-state index is 13.9. The van der Waals surface area contributed by atoms with Crippen LogP contribution in [-0.4, -0.2) is 59.1 Å². The van der Waals surface area contributed by atoms with Crippen molar-refractivity contribution in [2.24, 2.45) is 5.92 Å². The number of hydrogen-bond acceptors (Lipinski definition) is 5. The van der Waals surface area contributed by atoms with Crippen molar-refractivity contribution < 1.29 is 28.2 Å². The van der Waals surface area contributed by atoms with E-state index in [1.807, 2.05) is 0 Å². The summed E-state index contributed by atoms with van der Waals surface area (Å²) < 4.78 is 32.4. The highest BCUT2D eigenvalue weighted by Crippen LogP contribution is 2.32. The minimum absolute atomic E-state index is 0.0600. The number of aliphatic hydroxyl groups is 1. The molecule has 0 aromatic heterocycles. The Hall–Kier alpha value is -2.94. The molecular formula is C22H25F2N3O4. The van der Waals surface area contributed by atoms with Gasteiger partial charge in [-0.25, -0.2) is 8.78 Å². The molecule has 4 rings (SSSR count). The van der Waals surface area contributed by atoms with Crippen molar-refractivity contribution in [3.05, 3.63) is 58.6 Å². The second-order valence-electron chi connectivity index (χ2n) is 8.31. The molecule has 1 aromatic carbocycles. The molecule has 166 valence electrons. The Labute approximate surface area is 179 Å². The Bertz CT molecular complexity index is 962. The van der Waals surface area contributed by atoms with Crippen molar-refractivity contribution in [1.29, 1.82) is 0 Å². The molecule has 7 nitrogen and oxygen atoms in total. The number of halogens is 2. The maximum absolute atomic E-state index is 13.9. The van der Waals surface area contributed by atoms with Gasteiger partial charge in [-0.1, -0.05) is 13.0 Å². The van der Waals surface area contributed by atoms with Crippen LogP contribution in [0.3, 0.4) is 0 Å². The number of aliphatic hydroxyl groups excluding tert-OH is 1. The lowest BCUT2D eigenvalue weighted by Crippen LogP contribution is -2.53. The van der Waals surface area contributed by atoms with Crippen molar-refractivity contribution in [3.63, 3.8) is 0 Å². The number of fused-ring (bicyclic) bond motifs is 4. The number of carbonyl (C=O) groups excluding carboxylic acids is 2. The summed E-state index contributed by atoms with van der Waals surface area (Å²) in [5.41, 5.74) is 0.549. The van der Waals surface area contributed by atoms with Crippen LogP contribution in [0.5, 0.6) is 0 Å². The summed E-state index contributed by atoms with van der Waals surface area (Å²) in [7, 11) is 0. The van der Waals surface area contributed by atoms with Gasteiger partial charge in [0.05, 0.1) is 18.2 Å². The summed E-state index contributed by atoms with van der Waals surface area (Å²) in [4.78, 5) is 29.2. The highest BCUT2D eigenvalue weighted by atomic mass is 19.1. The van der Waals surface area contributed by atoms with Crippen LogP contribution in [0, 0.1) is 17.6 Å². The van der Waals surface area contributed by atoms with E-state index in [4.69, 9.17) is 4.74 Å². The highest BCUT2D eigenvalue weighted by molar-refractivity contribution is 5.96. The summed E-state index contributed by atoms with van der Waals surface area (Å²) in [6.07, 6.45) is 3.29. The van der Waals surface area contributed by atoms with Crippen LogP contribution < -0.4 is 5.32 Å². The number of benzene rings is 1. The first-order valence-corrected chi connectivity index (χ1v) is 10.3. The molecule has 3 heterocycles. The van der Waals surface area contributed by atoms with E-state index in [1.165, 1.54) is 6.07 Å². The predicted molar refractivity (Wildman–Crippen MR) is 107 cm³/mol. The van der Waals surface area contributed by atoms with Crippen LogP contribution in [0.4, 0.5) is 8.78 Å². The quantitative estimate of drug-likeness (QED) is 0.764. The van der Waals surface area contributed by atoms with E-state index in [2.05, 4.69) is 12.2 Å². The summed E-state index contributed by atoms with van der Waals surface area (Å²) in [6, 6.07) is 3.10. The Morgan fingerprint density at radius 1 is 1.26 bits per heavy atom. The minimum atomic E-state index is -0.743. The largest absolute Gasteiger partial charge is 0.507 e. The standard InChI is InChI=1S/C22H25F2N3O4/c1-13-2-5-17-10-26(8-13)22(30)20-19(28)12-31-11-15(9-27(17)20)21(29)25-7-14-3-4-16(23)6-18(14)24/h3-4,6,9,13,17,28H,2,5,7-8,10-12H2,1H3,(H,25,29)/b15-9+,20-19+/t13-,17-/m0/s1. The molecule has 2 N–H and O–H groups in total. The van der Waals surface area contributed by atoms with Crippen molar-refractivity contribution in [1.82, 2.24) is 15.1 Å². The molecule has 2 fully saturated rings. The lowest BCUT2D eigenvalue weighted by molar-refractivity contribution is -0.133. The van der Waals surface area contributed by atoms with Crippen LogP contribution in [0.25, 0.3) is 0 Å². The average Bonchev–Trinajstić information content (AvgIpc) is 2.88. The van der Waals surface area contributed by atoms with Crippen molar-refractivity contribution in [3.8, 4) is 0 Å². The molecule has 0 radical (unpaired) electrons. The smallest absolute Gasteiger partial charge is 0.274 e. The normalized spacial score (nSPS) is 28.1. The molecule has 2 atom stereocenters. The van der Waals surface area contributed by atoms with Gasteiger partial charge in [0.25, 0.3) is 11.8 Å². The summed E-state index contributed by atoms with van der Waals surface area (Å²) in [6.45, 7) is 2.85. The van der Waals surface area contributed by atoms with Gasteiger partial charge in [-0.15, -0.1) is 0 Å². The number of carbonyl (C=O) groups is 2. The van der Waals surface area contributed by atoms with Gasteiger partial charge in [0.1, 0.15) is 29.7 Å². The van der Waals surface area contributed by atoms with Crippen LogP contribution in [0.2, 0.25) is 0 Å². The fraction of sp³-hybridized carbons (Fsp3) is 0.455. The highest BCUT2D eigenvalue weighted by Gasteiger charge is 2.40. The lowest BCUT2D eigenvalue weighted by Gasteiger charge is -2.41. The zero-order valence-corrected chi connectivity index (χ0v) is 17.2. The Kier molecular flexibility index (Phi) is 5.95. The molecule has 0 aliphatic carbocycles. The van der Waals surface area contributed by atoms with Gasteiger partial charge < -0.3 is 25.0 Å². The Morgan fingerprint density at radius 3 is 2.84 bits per heavy atom. The molecular weight excluding hydrogens is 408 g/mol. The number of nitrogens with one attached hydrogen (secondary N) is 1. The molecule has 3 aliphatic heterocycles. The summed E-state index contributed by atoms with van der Waals surface area (Å²) >= 11 is 0. The van der Waals surface area contributed by atoms with E-state index in [-0.39, 0.29) is 54.3 Å². The summed E-state index contributed by atoms with van der Waals surface area (Å²) in [5.74, 6) is -2.01. The molecule has 2 saturated heterocycles. The first kappa shape index (κ1) is 21.3. The van der Waals surface area contributed by atoms with Gasteiger partial charge in [-0.2, -0.15) is 0 Å². The molecule has 0 spiro atoms. The fourth-order valence-electron chi connectivity index (χ4n) is 4.25. The number of amides is 2.